The molecule has 2 heterocycles. The lowest BCUT2D eigenvalue weighted by Gasteiger charge is -2.41. The summed E-state index contributed by atoms with van der Waals surface area (Å²) in [7, 11) is 0. The van der Waals surface area contributed by atoms with Crippen LogP contribution in [0.1, 0.15) is 68.2 Å². The van der Waals surface area contributed by atoms with Gasteiger partial charge in [-0.3, -0.25) is 10.1 Å². The third-order valence-corrected chi connectivity index (χ3v) is 5.97. The predicted molar refractivity (Wildman–Crippen MR) is 103 cm³/mol. The number of ether oxygens (including phenoxy) is 3. The molecule has 0 N–H and O–H groups in total. The van der Waals surface area contributed by atoms with Crippen molar-refractivity contribution in [3.63, 3.8) is 0 Å². The number of nitrogens with zero attached hydrogens (tertiary/aromatic N) is 1. The SMILES string of the molecule is CC1(C)Oc2ccc3c(c2O1)[C@@H]1CCCC[C@H]1O[C@@H]3c1ccc([N+](=O)[O-])cc1. The lowest BCUT2D eigenvalue weighted by atomic mass is 9.75. The highest BCUT2D eigenvalue weighted by Crippen LogP contribution is 2.55. The van der Waals surface area contributed by atoms with Crippen molar-refractivity contribution in [3.05, 3.63) is 63.2 Å². The van der Waals surface area contributed by atoms with Crippen molar-refractivity contribution in [3.8, 4) is 11.5 Å². The number of hydrogen-bond donors (Lipinski definition) is 0. The largest absolute Gasteiger partial charge is 0.449 e. The molecule has 0 radical (unpaired) electrons. The molecule has 6 nitrogen and oxygen atoms in total. The lowest BCUT2D eigenvalue weighted by molar-refractivity contribution is -0.384. The molecule has 0 saturated heterocycles. The Morgan fingerprint density at radius 3 is 2.54 bits per heavy atom. The van der Waals surface area contributed by atoms with Crippen LogP contribution < -0.4 is 9.47 Å². The van der Waals surface area contributed by atoms with Crippen molar-refractivity contribution >= 4 is 5.69 Å². The summed E-state index contributed by atoms with van der Waals surface area (Å²) in [5.41, 5.74) is 3.29. The number of rotatable bonds is 2. The van der Waals surface area contributed by atoms with Gasteiger partial charge in [-0.25, -0.2) is 0 Å². The molecular formula is C22H23NO5. The fourth-order valence-corrected chi connectivity index (χ4v) is 4.79. The van der Waals surface area contributed by atoms with E-state index in [0.717, 1.165) is 41.9 Å². The van der Waals surface area contributed by atoms with Crippen molar-refractivity contribution in [1.29, 1.82) is 0 Å². The summed E-state index contributed by atoms with van der Waals surface area (Å²) in [5.74, 6) is 1.25. The molecule has 28 heavy (non-hydrogen) atoms. The maximum Gasteiger partial charge on any atom is 0.269 e. The Morgan fingerprint density at radius 2 is 1.79 bits per heavy atom. The van der Waals surface area contributed by atoms with Gasteiger partial charge in [-0.1, -0.05) is 18.9 Å². The van der Waals surface area contributed by atoms with E-state index in [4.69, 9.17) is 14.2 Å². The van der Waals surface area contributed by atoms with Gasteiger partial charge in [0.25, 0.3) is 5.69 Å². The first-order chi connectivity index (χ1) is 13.4. The minimum Gasteiger partial charge on any atom is -0.449 e. The van der Waals surface area contributed by atoms with Gasteiger partial charge >= 0.3 is 0 Å². The molecule has 5 rings (SSSR count). The second-order valence-corrected chi connectivity index (χ2v) is 8.29. The zero-order valence-corrected chi connectivity index (χ0v) is 16.0. The first kappa shape index (κ1) is 17.5. The van der Waals surface area contributed by atoms with E-state index in [2.05, 4.69) is 6.07 Å². The number of fused-ring (bicyclic) bond motifs is 5. The maximum absolute atomic E-state index is 11.0. The summed E-state index contributed by atoms with van der Waals surface area (Å²) in [6.45, 7) is 3.84. The van der Waals surface area contributed by atoms with E-state index in [0.29, 0.717) is 5.92 Å². The normalized spacial score (nSPS) is 27.0. The summed E-state index contributed by atoms with van der Waals surface area (Å²) in [6.07, 6.45) is 4.29. The smallest absolute Gasteiger partial charge is 0.269 e. The molecule has 3 aliphatic rings. The predicted octanol–water partition coefficient (Wildman–Crippen LogP) is 5.25. The van der Waals surface area contributed by atoms with E-state index >= 15 is 0 Å². The van der Waals surface area contributed by atoms with Crippen molar-refractivity contribution in [2.45, 2.75) is 63.4 Å². The average molecular weight is 381 g/mol. The first-order valence-electron chi connectivity index (χ1n) is 9.87. The Kier molecular flexibility index (Phi) is 3.88. The fourth-order valence-electron chi connectivity index (χ4n) is 4.79. The number of non-ortho nitro benzene ring substituents is 1. The summed E-state index contributed by atoms with van der Waals surface area (Å²) in [6, 6.07) is 10.7. The van der Waals surface area contributed by atoms with Gasteiger partial charge in [0.1, 0.15) is 6.10 Å². The molecule has 6 heteroatoms. The van der Waals surface area contributed by atoms with Crippen LogP contribution in [0.4, 0.5) is 5.69 Å². The van der Waals surface area contributed by atoms with Crippen LogP contribution in [0.25, 0.3) is 0 Å². The Morgan fingerprint density at radius 1 is 1.04 bits per heavy atom. The fraction of sp³-hybridized carbons (Fsp3) is 0.455. The molecule has 1 saturated carbocycles. The molecule has 0 amide bonds. The van der Waals surface area contributed by atoms with Crippen LogP contribution >= 0.6 is 0 Å². The minimum absolute atomic E-state index is 0.0859. The molecule has 0 unspecified atom stereocenters. The monoisotopic (exact) mass is 381 g/mol. The molecule has 3 atom stereocenters. The van der Waals surface area contributed by atoms with Crippen LogP contribution in [0.3, 0.4) is 0 Å². The Hall–Kier alpha value is -2.60. The van der Waals surface area contributed by atoms with Gasteiger partial charge in [-0.05, 0) is 42.2 Å². The third-order valence-electron chi connectivity index (χ3n) is 5.97. The van der Waals surface area contributed by atoms with E-state index in [-0.39, 0.29) is 22.8 Å². The number of benzene rings is 2. The van der Waals surface area contributed by atoms with Gasteiger partial charge in [0.2, 0.25) is 5.79 Å². The summed E-state index contributed by atoms with van der Waals surface area (Å²) in [5, 5.41) is 11.0. The zero-order chi connectivity index (χ0) is 19.5. The van der Waals surface area contributed by atoms with E-state index in [1.54, 1.807) is 24.3 Å². The molecular weight excluding hydrogens is 358 g/mol. The van der Waals surface area contributed by atoms with Gasteiger partial charge < -0.3 is 14.2 Å². The number of nitro benzene ring substituents is 1. The molecule has 0 spiro atoms. The quantitative estimate of drug-likeness (QED) is 0.525. The van der Waals surface area contributed by atoms with Crippen LogP contribution in [0.2, 0.25) is 0 Å². The highest BCUT2D eigenvalue weighted by atomic mass is 16.7. The van der Waals surface area contributed by atoms with Crippen LogP contribution in [0.15, 0.2) is 36.4 Å². The molecule has 2 aromatic rings. The first-order valence-corrected chi connectivity index (χ1v) is 9.87. The van der Waals surface area contributed by atoms with Crippen LogP contribution in [-0.2, 0) is 4.74 Å². The summed E-state index contributed by atoms with van der Waals surface area (Å²) in [4.78, 5) is 10.6. The van der Waals surface area contributed by atoms with E-state index < -0.39 is 5.79 Å². The Bertz CT molecular complexity index is 937. The zero-order valence-electron chi connectivity index (χ0n) is 16.0. The Labute approximate surface area is 163 Å². The van der Waals surface area contributed by atoms with Crippen molar-refractivity contribution in [1.82, 2.24) is 0 Å². The lowest BCUT2D eigenvalue weighted by Crippen LogP contribution is -2.34. The number of hydrogen-bond acceptors (Lipinski definition) is 5. The second-order valence-electron chi connectivity index (χ2n) is 8.29. The third kappa shape index (κ3) is 2.75. The average Bonchev–Trinajstić information content (AvgIpc) is 3.01. The van der Waals surface area contributed by atoms with Crippen LogP contribution in [-0.4, -0.2) is 16.8 Å². The second kappa shape index (κ2) is 6.21. The highest BCUT2D eigenvalue weighted by molar-refractivity contribution is 5.58. The van der Waals surface area contributed by atoms with E-state index in [9.17, 15) is 10.1 Å². The molecule has 2 aliphatic heterocycles. The van der Waals surface area contributed by atoms with Crippen LogP contribution in [0, 0.1) is 10.1 Å². The highest BCUT2D eigenvalue weighted by Gasteiger charge is 2.44. The van der Waals surface area contributed by atoms with Gasteiger partial charge in [0.15, 0.2) is 11.5 Å². The molecule has 0 aromatic heterocycles. The van der Waals surface area contributed by atoms with Crippen molar-refractivity contribution < 1.29 is 19.1 Å². The van der Waals surface area contributed by atoms with Gasteiger partial charge in [-0.2, -0.15) is 0 Å². The molecule has 1 aliphatic carbocycles. The van der Waals surface area contributed by atoms with Crippen molar-refractivity contribution in [2.24, 2.45) is 0 Å². The van der Waals surface area contributed by atoms with Crippen molar-refractivity contribution in [2.75, 3.05) is 0 Å². The number of nitro groups is 1. The topological polar surface area (TPSA) is 70.8 Å². The standard InChI is InChI=1S/C22H23NO5/c1-22(2)27-18-12-11-16-19(21(18)28-22)15-5-3-4-6-17(15)26-20(16)13-7-9-14(10-8-13)23(24)25/h7-12,15,17,20H,3-6H2,1-2H3/t15-,17-,20-/m1/s1. The van der Waals surface area contributed by atoms with Gasteiger partial charge in [0.05, 0.1) is 11.0 Å². The van der Waals surface area contributed by atoms with Gasteiger partial charge in [0, 0.05) is 37.5 Å². The minimum atomic E-state index is -0.678. The summed E-state index contributed by atoms with van der Waals surface area (Å²) < 4.78 is 18.7. The summed E-state index contributed by atoms with van der Waals surface area (Å²) >= 11 is 0. The molecule has 0 bridgehead atoms. The van der Waals surface area contributed by atoms with Crippen LogP contribution in [0.5, 0.6) is 11.5 Å². The Balaban J connectivity index is 1.63. The van der Waals surface area contributed by atoms with E-state index in [1.807, 2.05) is 19.9 Å². The molecule has 2 aromatic carbocycles. The van der Waals surface area contributed by atoms with E-state index in [1.165, 1.54) is 12.0 Å². The molecule has 146 valence electrons. The maximum atomic E-state index is 11.0. The van der Waals surface area contributed by atoms with Gasteiger partial charge in [-0.15, -0.1) is 0 Å². The molecule has 1 fully saturated rings.